The van der Waals surface area contributed by atoms with Crippen LogP contribution in [0.4, 0.5) is 5.69 Å². The van der Waals surface area contributed by atoms with Crippen LogP contribution >= 0.6 is 0 Å². The number of aromatic amines is 1. The minimum absolute atomic E-state index is 0.621. The van der Waals surface area contributed by atoms with Crippen LogP contribution in [0.1, 0.15) is 24.5 Å². The molecule has 1 saturated heterocycles. The second kappa shape index (κ2) is 3.19. The molecule has 2 heterocycles. The van der Waals surface area contributed by atoms with Crippen molar-refractivity contribution in [3.05, 3.63) is 18.0 Å². The van der Waals surface area contributed by atoms with E-state index in [4.69, 9.17) is 10.5 Å². The minimum Gasteiger partial charge on any atom is -0.397 e. The van der Waals surface area contributed by atoms with Gasteiger partial charge in [-0.3, -0.25) is 0 Å². The molecule has 1 aromatic heterocycles. The number of nitrogens with two attached hydrogens (primary N) is 1. The van der Waals surface area contributed by atoms with Gasteiger partial charge in [0, 0.05) is 36.7 Å². The fourth-order valence-corrected chi connectivity index (χ4v) is 1.67. The lowest BCUT2D eigenvalue weighted by Gasteiger charge is -2.20. The molecule has 0 bridgehead atoms. The number of hydrogen-bond donors (Lipinski definition) is 2. The number of H-pyrrole nitrogens is 1. The van der Waals surface area contributed by atoms with Crippen LogP contribution in [0.5, 0.6) is 0 Å². The molecule has 3 N–H and O–H groups in total. The summed E-state index contributed by atoms with van der Waals surface area (Å²) in [6.07, 6.45) is 4.07. The van der Waals surface area contributed by atoms with Gasteiger partial charge in [-0.15, -0.1) is 0 Å². The van der Waals surface area contributed by atoms with Crippen molar-refractivity contribution in [3.63, 3.8) is 0 Å². The third-order valence-electron chi connectivity index (χ3n) is 2.39. The zero-order chi connectivity index (χ0) is 8.39. The molecule has 2 rings (SSSR count). The molecule has 3 heteroatoms. The van der Waals surface area contributed by atoms with Gasteiger partial charge in [-0.1, -0.05) is 0 Å². The number of ether oxygens (including phenoxy) is 1. The molecule has 66 valence electrons. The summed E-state index contributed by atoms with van der Waals surface area (Å²) in [5.74, 6) is 0.621. The van der Waals surface area contributed by atoms with Crippen molar-refractivity contribution in [3.8, 4) is 0 Å². The van der Waals surface area contributed by atoms with Gasteiger partial charge in [0.25, 0.3) is 0 Å². The van der Waals surface area contributed by atoms with Crippen LogP contribution in [-0.2, 0) is 4.74 Å². The Bertz CT molecular complexity index is 251. The van der Waals surface area contributed by atoms with E-state index in [0.29, 0.717) is 5.92 Å². The molecule has 1 aliphatic rings. The van der Waals surface area contributed by atoms with Crippen LogP contribution in [-0.4, -0.2) is 18.2 Å². The molecule has 0 amide bonds. The highest BCUT2D eigenvalue weighted by molar-refractivity contribution is 5.38. The predicted octanol–water partition coefficient (Wildman–Crippen LogP) is 1.49. The van der Waals surface area contributed by atoms with Crippen molar-refractivity contribution in [1.29, 1.82) is 0 Å². The minimum atomic E-state index is 0.621. The van der Waals surface area contributed by atoms with Crippen molar-refractivity contribution in [2.75, 3.05) is 18.9 Å². The highest BCUT2D eigenvalue weighted by Crippen LogP contribution is 2.26. The lowest BCUT2D eigenvalue weighted by Crippen LogP contribution is -2.14. The Hall–Kier alpha value is -0.960. The lowest BCUT2D eigenvalue weighted by molar-refractivity contribution is 0.0846. The molecule has 0 saturated carbocycles. The average molecular weight is 166 g/mol. The summed E-state index contributed by atoms with van der Waals surface area (Å²) in [5.41, 5.74) is 7.71. The fraction of sp³-hybridized carbons (Fsp3) is 0.556. The van der Waals surface area contributed by atoms with Gasteiger partial charge in [-0.2, -0.15) is 0 Å². The Morgan fingerprint density at radius 1 is 1.42 bits per heavy atom. The zero-order valence-electron chi connectivity index (χ0n) is 7.05. The van der Waals surface area contributed by atoms with E-state index in [1.165, 1.54) is 5.69 Å². The highest BCUT2D eigenvalue weighted by atomic mass is 16.5. The van der Waals surface area contributed by atoms with Crippen LogP contribution in [0.25, 0.3) is 0 Å². The smallest absolute Gasteiger partial charge is 0.0494 e. The standard InChI is InChI=1S/C9H14N2O/c10-8-5-9(11-6-8)7-1-3-12-4-2-7/h5-7,11H,1-4,10H2. The monoisotopic (exact) mass is 166 g/mol. The molecule has 12 heavy (non-hydrogen) atoms. The van der Waals surface area contributed by atoms with Crippen LogP contribution in [0, 0.1) is 0 Å². The average Bonchev–Trinajstić information content (AvgIpc) is 2.54. The van der Waals surface area contributed by atoms with Crippen LogP contribution < -0.4 is 5.73 Å². The normalized spacial score (nSPS) is 19.7. The molecule has 1 fully saturated rings. The Morgan fingerprint density at radius 2 is 2.17 bits per heavy atom. The molecule has 0 spiro atoms. The second-order valence-corrected chi connectivity index (χ2v) is 3.28. The summed E-state index contributed by atoms with van der Waals surface area (Å²) in [5, 5.41) is 0. The quantitative estimate of drug-likeness (QED) is 0.664. The third-order valence-corrected chi connectivity index (χ3v) is 2.39. The van der Waals surface area contributed by atoms with Crippen molar-refractivity contribution >= 4 is 5.69 Å². The highest BCUT2D eigenvalue weighted by Gasteiger charge is 2.16. The molecule has 0 radical (unpaired) electrons. The molecule has 0 atom stereocenters. The van der Waals surface area contributed by atoms with E-state index in [2.05, 4.69) is 4.98 Å². The van der Waals surface area contributed by atoms with Gasteiger partial charge in [0.05, 0.1) is 0 Å². The van der Waals surface area contributed by atoms with E-state index in [0.717, 1.165) is 31.7 Å². The molecule has 3 nitrogen and oxygen atoms in total. The first-order chi connectivity index (χ1) is 5.86. The molecule has 0 unspecified atom stereocenters. The van der Waals surface area contributed by atoms with Crippen molar-refractivity contribution < 1.29 is 4.74 Å². The third kappa shape index (κ3) is 1.46. The predicted molar refractivity (Wildman–Crippen MR) is 48.0 cm³/mol. The maximum absolute atomic E-state index is 5.62. The van der Waals surface area contributed by atoms with E-state index >= 15 is 0 Å². The van der Waals surface area contributed by atoms with E-state index in [-0.39, 0.29) is 0 Å². The van der Waals surface area contributed by atoms with Gasteiger partial charge in [0.2, 0.25) is 0 Å². The van der Waals surface area contributed by atoms with Crippen molar-refractivity contribution in [1.82, 2.24) is 4.98 Å². The van der Waals surface area contributed by atoms with Gasteiger partial charge >= 0.3 is 0 Å². The topological polar surface area (TPSA) is 51.0 Å². The summed E-state index contributed by atoms with van der Waals surface area (Å²) in [6, 6.07) is 2.02. The van der Waals surface area contributed by atoms with E-state index < -0.39 is 0 Å². The number of aromatic nitrogens is 1. The van der Waals surface area contributed by atoms with Gasteiger partial charge in [-0.25, -0.2) is 0 Å². The molecule has 0 aliphatic carbocycles. The maximum Gasteiger partial charge on any atom is 0.0494 e. The number of nitrogens with one attached hydrogen (secondary N) is 1. The number of hydrogen-bond acceptors (Lipinski definition) is 2. The van der Waals surface area contributed by atoms with Gasteiger partial charge in [-0.05, 0) is 18.9 Å². The van der Waals surface area contributed by atoms with Crippen LogP contribution in [0.15, 0.2) is 12.3 Å². The summed E-state index contributed by atoms with van der Waals surface area (Å²) in [6.45, 7) is 1.76. The Balaban J connectivity index is 2.08. The van der Waals surface area contributed by atoms with E-state index in [9.17, 15) is 0 Å². The number of nitrogen functional groups attached to an aromatic ring is 1. The van der Waals surface area contributed by atoms with Crippen LogP contribution in [0.3, 0.4) is 0 Å². The maximum atomic E-state index is 5.62. The molecule has 1 aromatic rings. The van der Waals surface area contributed by atoms with Crippen LogP contribution in [0.2, 0.25) is 0 Å². The summed E-state index contributed by atoms with van der Waals surface area (Å²) >= 11 is 0. The first-order valence-electron chi connectivity index (χ1n) is 4.38. The van der Waals surface area contributed by atoms with Crippen molar-refractivity contribution in [2.24, 2.45) is 0 Å². The summed E-state index contributed by atoms with van der Waals surface area (Å²) < 4.78 is 5.28. The fourth-order valence-electron chi connectivity index (χ4n) is 1.67. The number of anilines is 1. The van der Waals surface area contributed by atoms with Crippen molar-refractivity contribution in [2.45, 2.75) is 18.8 Å². The Morgan fingerprint density at radius 3 is 2.75 bits per heavy atom. The van der Waals surface area contributed by atoms with Gasteiger partial charge in [0.15, 0.2) is 0 Å². The lowest BCUT2D eigenvalue weighted by atomic mass is 9.97. The second-order valence-electron chi connectivity index (χ2n) is 3.28. The molecular weight excluding hydrogens is 152 g/mol. The number of rotatable bonds is 1. The van der Waals surface area contributed by atoms with E-state index in [1.54, 1.807) is 0 Å². The first kappa shape index (κ1) is 7.68. The summed E-state index contributed by atoms with van der Waals surface area (Å²) in [7, 11) is 0. The van der Waals surface area contributed by atoms with Gasteiger partial charge < -0.3 is 15.5 Å². The molecule has 0 aromatic carbocycles. The molecule has 1 aliphatic heterocycles. The Labute approximate surface area is 71.9 Å². The Kier molecular flexibility index (Phi) is 2.04. The van der Waals surface area contributed by atoms with E-state index in [1.807, 2.05) is 12.3 Å². The zero-order valence-corrected chi connectivity index (χ0v) is 7.05. The largest absolute Gasteiger partial charge is 0.397 e. The van der Waals surface area contributed by atoms with Gasteiger partial charge in [0.1, 0.15) is 0 Å². The first-order valence-corrected chi connectivity index (χ1v) is 4.38. The summed E-state index contributed by atoms with van der Waals surface area (Å²) in [4.78, 5) is 3.19. The SMILES string of the molecule is Nc1c[nH]c(C2CCOCC2)c1. The molecular formula is C9H14N2O.